The number of sulfonamides is 1. The zero-order chi connectivity index (χ0) is 16.5. The number of anilines is 2. The van der Waals surface area contributed by atoms with E-state index in [1.807, 2.05) is 32.9 Å². The van der Waals surface area contributed by atoms with Crippen molar-refractivity contribution in [3.63, 3.8) is 0 Å². The molecule has 0 aliphatic carbocycles. The van der Waals surface area contributed by atoms with Crippen LogP contribution in [-0.2, 0) is 21.2 Å². The molecule has 0 spiro atoms. The summed E-state index contributed by atoms with van der Waals surface area (Å²) < 4.78 is 26.0. The maximum Gasteiger partial charge on any atom is 0.234 e. The fourth-order valence-electron chi connectivity index (χ4n) is 2.38. The molecule has 1 heterocycles. The van der Waals surface area contributed by atoms with E-state index in [1.54, 1.807) is 13.0 Å². The number of rotatable bonds is 3. The molecule has 1 aliphatic heterocycles. The van der Waals surface area contributed by atoms with Gasteiger partial charge in [-0.05, 0) is 37.5 Å². The van der Waals surface area contributed by atoms with Crippen LogP contribution in [0.2, 0.25) is 0 Å². The van der Waals surface area contributed by atoms with Crippen LogP contribution < -0.4 is 9.62 Å². The molecule has 0 saturated heterocycles. The Labute approximate surface area is 132 Å². The largest absolute Gasteiger partial charge is 0.326 e. The lowest BCUT2D eigenvalue weighted by Crippen LogP contribution is -2.36. The van der Waals surface area contributed by atoms with E-state index >= 15 is 0 Å². The lowest BCUT2D eigenvalue weighted by molar-refractivity contribution is -0.123. The molecule has 0 radical (unpaired) electrons. The Bertz CT molecular complexity index is 675. The van der Waals surface area contributed by atoms with Crippen molar-refractivity contribution >= 4 is 27.3 Å². The van der Waals surface area contributed by atoms with Gasteiger partial charge in [0.2, 0.25) is 15.9 Å². The van der Waals surface area contributed by atoms with E-state index < -0.39 is 15.4 Å². The molecule has 1 N–H and O–H groups in total. The van der Waals surface area contributed by atoms with Crippen molar-refractivity contribution in [2.45, 2.75) is 40.5 Å². The summed E-state index contributed by atoms with van der Waals surface area (Å²) in [4.78, 5) is 12.1. The first-order valence-corrected chi connectivity index (χ1v) is 9.21. The van der Waals surface area contributed by atoms with E-state index in [0.717, 1.165) is 18.4 Å². The van der Waals surface area contributed by atoms with Gasteiger partial charge in [0.1, 0.15) is 0 Å². The minimum atomic E-state index is -3.29. The van der Waals surface area contributed by atoms with Gasteiger partial charge in [0.25, 0.3) is 0 Å². The van der Waals surface area contributed by atoms with Crippen molar-refractivity contribution in [2.24, 2.45) is 5.41 Å². The fraction of sp³-hybridized carbons (Fsp3) is 0.562. The van der Waals surface area contributed by atoms with E-state index in [-0.39, 0.29) is 11.7 Å². The summed E-state index contributed by atoms with van der Waals surface area (Å²) in [5, 5.41) is 2.86. The lowest BCUT2D eigenvalue weighted by Gasteiger charge is -2.30. The van der Waals surface area contributed by atoms with Crippen LogP contribution in [0, 0.1) is 5.41 Å². The maximum atomic E-state index is 12.2. The predicted molar refractivity (Wildman–Crippen MR) is 89.7 cm³/mol. The Kier molecular flexibility index (Phi) is 4.52. The van der Waals surface area contributed by atoms with E-state index in [9.17, 15) is 13.2 Å². The smallest absolute Gasteiger partial charge is 0.234 e. The van der Waals surface area contributed by atoms with Gasteiger partial charge in [-0.15, -0.1) is 0 Å². The highest BCUT2D eigenvalue weighted by Gasteiger charge is 2.27. The average molecular weight is 324 g/mol. The van der Waals surface area contributed by atoms with E-state index in [4.69, 9.17) is 0 Å². The summed E-state index contributed by atoms with van der Waals surface area (Å²) in [7, 11) is -3.29. The number of amides is 1. The minimum absolute atomic E-state index is 0.0744. The van der Waals surface area contributed by atoms with Gasteiger partial charge in [-0.1, -0.05) is 26.8 Å². The van der Waals surface area contributed by atoms with E-state index in [1.165, 1.54) is 4.31 Å². The zero-order valence-electron chi connectivity index (χ0n) is 13.6. The molecule has 5 nitrogen and oxygen atoms in total. The van der Waals surface area contributed by atoms with Crippen LogP contribution in [0.3, 0.4) is 0 Å². The molecule has 0 bridgehead atoms. The number of fused-ring (bicyclic) bond motifs is 1. The lowest BCUT2D eigenvalue weighted by atomic mass is 9.95. The van der Waals surface area contributed by atoms with Crippen LogP contribution in [0.25, 0.3) is 0 Å². The Morgan fingerprint density at radius 3 is 2.59 bits per heavy atom. The molecule has 0 unspecified atom stereocenters. The first-order chi connectivity index (χ1) is 10.1. The van der Waals surface area contributed by atoms with Crippen LogP contribution in [0.1, 0.15) is 39.7 Å². The molecule has 1 aromatic carbocycles. The topological polar surface area (TPSA) is 66.5 Å². The Morgan fingerprint density at radius 2 is 2.00 bits per heavy atom. The van der Waals surface area contributed by atoms with Gasteiger partial charge < -0.3 is 5.32 Å². The molecule has 1 aromatic rings. The van der Waals surface area contributed by atoms with Crippen LogP contribution in [-0.4, -0.2) is 26.6 Å². The molecule has 6 heteroatoms. The summed E-state index contributed by atoms with van der Waals surface area (Å²) in [6.45, 7) is 7.67. The number of benzene rings is 1. The molecule has 1 aliphatic rings. The Hall–Kier alpha value is -1.56. The Morgan fingerprint density at radius 1 is 1.32 bits per heavy atom. The standard InChI is InChI=1S/C16H24N2O3S/c1-5-22(20,21)18-10-6-7-12-8-9-13(11-14(12)18)17-15(19)16(2,3)4/h8-9,11H,5-7,10H2,1-4H3,(H,17,19). The Balaban J connectivity index is 2.36. The number of nitrogens with zero attached hydrogens (tertiary/aromatic N) is 1. The average Bonchev–Trinajstić information content (AvgIpc) is 2.45. The molecule has 122 valence electrons. The molecule has 2 rings (SSSR count). The van der Waals surface area contributed by atoms with Gasteiger partial charge in [0.15, 0.2) is 0 Å². The number of nitrogens with one attached hydrogen (secondary N) is 1. The van der Waals surface area contributed by atoms with Crippen molar-refractivity contribution in [1.82, 2.24) is 0 Å². The van der Waals surface area contributed by atoms with Gasteiger partial charge in [-0.3, -0.25) is 9.10 Å². The quantitative estimate of drug-likeness (QED) is 0.929. The van der Waals surface area contributed by atoms with E-state index in [0.29, 0.717) is 17.9 Å². The SMILES string of the molecule is CCS(=O)(=O)N1CCCc2ccc(NC(=O)C(C)(C)C)cc21. The van der Waals surface area contributed by atoms with E-state index in [2.05, 4.69) is 5.32 Å². The predicted octanol–water partition coefficient (Wildman–Crippen LogP) is 2.77. The highest BCUT2D eigenvalue weighted by atomic mass is 32.2. The summed E-state index contributed by atoms with van der Waals surface area (Å²) in [6.07, 6.45) is 1.68. The maximum absolute atomic E-state index is 12.2. The number of hydrogen-bond acceptors (Lipinski definition) is 3. The molecular formula is C16H24N2O3S. The molecule has 22 heavy (non-hydrogen) atoms. The van der Waals surface area contributed by atoms with Crippen molar-refractivity contribution in [1.29, 1.82) is 0 Å². The van der Waals surface area contributed by atoms with Gasteiger partial charge in [0.05, 0.1) is 11.4 Å². The van der Waals surface area contributed by atoms with Gasteiger partial charge in [0, 0.05) is 17.6 Å². The van der Waals surface area contributed by atoms with Crippen LogP contribution in [0.5, 0.6) is 0 Å². The van der Waals surface area contributed by atoms with Crippen LogP contribution >= 0.6 is 0 Å². The zero-order valence-corrected chi connectivity index (χ0v) is 14.5. The summed E-state index contributed by atoms with van der Waals surface area (Å²) in [6, 6.07) is 5.51. The molecular weight excluding hydrogens is 300 g/mol. The molecule has 0 aromatic heterocycles. The highest BCUT2D eigenvalue weighted by molar-refractivity contribution is 7.92. The summed E-state index contributed by atoms with van der Waals surface area (Å²) in [5.41, 5.74) is 1.85. The molecule has 1 amide bonds. The van der Waals surface area contributed by atoms with Gasteiger partial charge in [-0.25, -0.2) is 8.42 Å². The number of carbonyl (C=O) groups is 1. The van der Waals surface area contributed by atoms with Crippen molar-refractivity contribution in [3.8, 4) is 0 Å². The monoisotopic (exact) mass is 324 g/mol. The second-order valence-corrected chi connectivity index (χ2v) is 8.81. The van der Waals surface area contributed by atoms with Crippen molar-refractivity contribution in [3.05, 3.63) is 23.8 Å². The normalized spacial score (nSPS) is 15.4. The van der Waals surface area contributed by atoms with Crippen LogP contribution in [0.15, 0.2) is 18.2 Å². The fourth-order valence-corrected chi connectivity index (χ4v) is 3.57. The first-order valence-electron chi connectivity index (χ1n) is 7.60. The third kappa shape index (κ3) is 3.43. The highest BCUT2D eigenvalue weighted by Crippen LogP contribution is 2.32. The first kappa shape index (κ1) is 16.8. The molecule has 0 fully saturated rings. The van der Waals surface area contributed by atoms with Gasteiger partial charge in [-0.2, -0.15) is 0 Å². The van der Waals surface area contributed by atoms with Crippen molar-refractivity contribution in [2.75, 3.05) is 21.9 Å². The number of carbonyl (C=O) groups excluding carboxylic acids is 1. The second kappa shape index (κ2) is 5.91. The number of aryl methyl sites for hydroxylation is 1. The molecule has 0 atom stereocenters. The minimum Gasteiger partial charge on any atom is -0.326 e. The molecule has 0 saturated carbocycles. The third-order valence-corrected chi connectivity index (χ3v) is 5.58. The van der Waals surface area contributed by atoms with Gasteiger partial charge >= 0.3 is 0 Å². The third-order valence-electron chi connectivity index (χ3n) is 3.80. The summed E-state index contributed by atoms with van der Waals surface area (Å²) >= 11 is 0. The summed E-state index contributed by atoms with van der Waals surface area (Å²) in [5.74, 6) is -0.0152. The van der Waals surface area contributed by atoms with Crippen LogP contribution in [0.4, 0.5) is 11.4 Å². The number of hydrogen-bond donors (Lipinski definition) is 1. The van der Waals surface area contributed by atoms with Crippen molar-refractivity contribution < 1.29 is 13.2 Å². The second-order valence-electron chi connectivity index (χ2n) is 6.62.